The average molecular weight is 302 g/mol. The zero-order chi connectivity index (χ0) is 16.1. The molecular weight excluding hydrogens is 287 g/mol. The predicted octanol–water partition coefficient (Wildman–Crippen LogP) is 1.97. The Balaban J connectivity index is 1.94. The molecule has 0 unspecified atom stereocenters. The molecule has 6 nitrogen and oxygen atoms in total. The Kier molecular flexibility index (Phi) is 3.09. The van der Waals surface area contributed by atoms with Gasteiger partial charge in [0.15, 0.2) is 0 Å². The largest absolute Gasteiger partial charge is 0.269 e. The van der Waals surface area contributed by atoms with Crippen LogP contribution in [0, 0.1) is 5.82 Å². The first kappa shape index (κ1) is 14.4. The Labute approximate surface area is 126 Å². The van der Waals surface area contributed by atoms with Gasteiger partial charge in [-0.05, 0) is 39.0 Å². The average Bonchev–Trinajstić information content (AvgIpc) is 2.98. The van der Waals surface area contributed by atoms with Crippen LogP contribution in [0.15, 0.2) is 24.5 Å². The summed E-state index contributed by atoms with van der Waals surface area (Å²) in [4.78, 5) is 29.9. The Morgan fingerprint density at radius 2 is 1.82 bits per heavy atom. The summed E-state index contributed by atoms with van der Waals surface area (Å²) in [5.41, 5.74) is -0.0172. The SMILES string of the molecule is CC(C)(C)n1ncnc1CN1C(=O)c2ccc(F)cc2C1=O. The fourth-order valence-electron chi connectivity index (χ4n) is 2.48. The molecule has 1 aromatic carbocycles. The number of benzene rings is 1. The number of halogens is 1. The maximum absolute atomic E-state index is 13.3. The molecule has 114 valence electrons. The van der Waals surface area contributed by atoms with Crippen molar-refractivity contribution in [1.82, 2.24) is 19.7 Å². The van der Waals surface area contributed by atoms with Crippen LogP contribution in [0.5, 0.6) is 0 Å². The Hall–Kier alpha value is -2.57. The topological polar surface area (TPSA) is 68.1 Å². The number of aromatic nitrogens is 3. The lowest BCUT2D eigenvalue weighted by Gasteiger charge is -2.22. The molecule has 2 amide bonds. The molecule has 3 rings (SSSR count). The summed E-state index contributed by atoms with van der Waals surface area (Å²) in [6.45, 7) is 5.85. The normalized spacial score (nSPS) is 14.6. The van der Waals surface area contributed by atoms with Gasteiger partial charge in [-0.25, -0.2) is 14.1 Å². The van der Waals surface area contributed by atoms with Gasteiger partial charge in [0.1, 0.15) is 18.0 Å². The molecule has 0 saturated heterocycles. The monoisotopic (exact) mass is 302 g/mol. The smallest absolute Gasteiger partial charge is 0.262 e. The molecule has 7 heteroatoms. The van der Waals surface area contributed by atoms with Gasteiger partial charge in [0.05, 0.1) is 23.2 Å². The Morgan fingerprint density at radius 1 is 1.14 bits per heavy atom. The molecule has 0 bridgehead atoms. The standard InChI is InChI=1S/C15H15FN4O2/c1-15(2,3)20-12(17-8-18-20)7-19-13(21)10-5-4-9(16)6-11(10)14(19)22/h4-6,8H,7H2,1-3H3. The third kappa shape index (κ3) is 2.18. The van der Waals surface area contributed by atoms with Gasteiger partial charge in [-0.15, -0.1) is 0 Å². The van der Waals surface area contributed by atoms with Crippen molar-refractivity contribution in [2.75, 3.05) is 0 Å². The number of fused-ring (bicyclic) bond motifs is 1. The van der Waals surface area contributed by atoms with Gasteiger partial charge in [-0.2, -0.15) is 5.10 Å². The zero-order valence-corrected chi connectivity index (χ0v) is 12.5. The summed E-state index contributed by atoms with van der Waals surface area (Å²) in [5, 5.41) is 4.14. The minimum atomic E-state index is -0.542. The van der Waals surface area contributed by atoms with Gasteiger partial charge in [-0.3, -0.25) is 14.5 Å². The molecule has 0 fully saturated rings. The first-order valence-corrected chi connectivity index (χ1v) is 6.84. The van der Waals surface area contributed by atoms with Crippen molar-refractivity contribution in [2.24, 2.45) is 0 Å². The lowest BCUT2D eigenvalue weighted by atomic mass is 10.1. The number of hydrogen-bond donors (Lipinski definition) is 0. The summed E-state index contributed by atoms with van der Waals surface area (Å²) in [5.74, 6) is -0.992. The maximum atomic E-state index is 13.3. The summed E-state index contributed by atoms with van der Waals surface area (Å²) in [6, 6.07) is 3.59. The number of rotatable bonds is 2. The van der Waals surface area contributed by atoms with Gasteiger partial charge in [-0.1, -0.05) is 0 Å². The van der Waals surface area contributed by atoms with Crippen molar-refractivity contribution in [3.8, 4) is 0 Å². The first-order valence-electron chi connectivity index (χ1n) is 6.84. The highest BCUT2D eigenvalue weighted by atomic mass is 19.1. The molecular formula is C15H15FN4O2. The summed E-state index contributed by atoms with van der Waals surface area (Å²) < 4.78 is 14.9. The van der Waals surface area contributed by atoms with E-state index in [0.29, 0.717) is 5.82 Å². The van der Waals surface area contributed by atoms with Crippen molar-refractivity contribution in [3.63, 3.8) is 0 Å². The molecule has 1 aliphatic rings. The van der Waals surface area contributed by atoms with E-state index >= 15 is 0 Å². The van der Waals surface area contributed by atoms with Gasteiger partial charge in [0, 0.05) is 0 Å². The Bertz CT molecular complexity index is 776. The van der Waals surface area contributed by atoms with E-state index in [0.717, 1.165) is 11.0 Å². The summed E-state index contributed by atoms with van der Waals surface area (Å²) in [7, 11) is 0. The number of carbonyl (C=O) groups is 2. The van der Waals surface area contributed by atoms with Crippen LogP contribution in [-0.4, -0.2) is 31.5 Å². The van der Waals surface area contributed by atoms with Gasteiger partial charge >= 0.3 is 0 Å². The van der Waals surface area contributed by atoms with E-state index in [9.17, 15) is 14.0 Å². The van der Waals surface area contributed by atoms with Crippen molar-refractivity contribution in [3.05, 3.63) is 47.3 Å². The van der Waals surface area contributed by atoms with E-state index in [-0.39, 0.29) is 23.2 Å². The highest BCUT2D eigenvalue weighted by Crippen LogP contribution is 2.25. The zero-order valence-electron chi connectivity index (χ0n) is 12.5. The molecule has 0 atom stereocenters. The number of imide groups is 1. The van der Waals surface area contributed by atoms with Crippen molar-refractivity contribution < 1.29 is 14.0 Å². The molecule has 0 radical (unpaired) electrons. The van der Waals surface area contributed by atoms with Crippen LogP contribution in [0.25, 0.3) is 0 Å². The minimum Gasteiger partial charge on any atom is -0.269 e. The predicted molar refractivity (Wildman–Crippen MR) is 75.6 cm³/mol. The second-order valence-corrected chi connectivity index (χ2v) is 6.15. The lowest BCUT2D eigenvalue weighted by Crippen LogP contribution is -2.33. The number of nitrogens with zero attached hydrogens (tertiary/aromatic N) is 4. The van der Waals surface area contributed by atoms with Gasteiger partial charge in [0.2, 0.25) is 0 Å². The van der Waals surface area contributed by atoms with Gasteiger partial charge in [0.25, 0.3) is 11.8 Å². The third-order valence-corrected chi connectivity index (χ3v) is 3.49. The van der Waals surface area contributed by atoms with E-state index < -0.39 is 17.6 Å². The molecule has 0 spiro atoms. The van der Waals surface area contributed by atoms with E-state index in [4.69, 9.17) is 0 Å². The molecule has 22 heavy (non-hydrogen) atoms. The van der Waals surface area contributed by atoms with E-state index in [1.165, 1.54) is 18.5 Å². The fraction of sp³-hybridized carbons (Fsp3) is 0.333. The van der Waals surface area contributed by atoms with Crippen molar-refractivity contribution in [2.45, 2.75) is 32.9 Å². The highest BCUT2D eigenvalue weighted by Gasteiger charge is 2.37. The Morgan fingerprint density at radius 3 is 2.50 bits per heavy atom. The summed E-state index contributed by atoms with van der Waals surface area (Å²) >= 11 is 0. The molecule has 0 aliphatic carbocycles. The third-order valence-electron chi connectivity index (χ3n) is 3.49. The molecule has 2 aromatic rings. The van der Waals surface area contributed by atoms with Crippen LogP contribution in [0.1, 0.15) is 47.3 Å². The van der Waals surface area contributed by atoms with Crippen molar-refractivity contribution in [1.29, 1.82) is 0 Å². The highest BCUT2D eigenvalue weighted by molar-refractivity contribution is 6.21. The lowest BCUT2D eigenvalue weighted by molar-refractivity contribution is 0.0633. The van der Waals surface area contributed by atoms with Crippen LogP contribution in [0.4, 0.5) is 4.39 Å². The molecule has 2 heterocycles. The van der Waals surface area contributed by atoms with Crippen LogP contribution < -0.4 is 0 Å². The number of amides is 2. The molecule has 1 aromatic heterocycles. The molecule has 1 aliphatic heterocycles. The number of hydrogen-bond acceptors (Lipinski definition) is 4. The fourth-order valence-corrected chi connectivity index (χ4v) is 2.48. The molecule has 0 N–H and O–H groups in total. The van der Waals surface area contributed by atoms with Crippen LogP contribution in [0.2, 0.25) is 0 Å². The van der Waals surface area contributed by atoms with Gasteiger partial charge < -0.3 is 0 Å². The van der Waals surface area contributed by atoms with Crippen LogP contribution in [-0.2, 0) is 12.1 Å². The number of carbonyl (C=O) groups excluding carboxylic acids is 2. The second-order valence-electron chi connectivity index (χ2n) is 6.15. The van der Waals surface area contributed by atoms with E-state index in [1.54, 1.807) is 4.68 Å². The molecule has 0 saturated carbocycles. The van der Waals surface area contributed by atoms with Crippen LogP contribution >= 0.6 is 0 Å². The maximum Gasteiger partial charge on any atom is 0.262 e. The minimum absolute atomic E-state index is 0.00519. The second kappa shape index (κ2) is 4.72. The van der Waals surface area contributed by atoms with E-state index in [2.05, 4.69) is 10.1 Å². The summed E-state index contributed by atoms with van der Waals surface area (Å²) in [6.07, 6.45) is 1.39. The van der Waals surface area contributed by atoms with Crippen LogP contribution in [0.3, 0.4) is 0 Å². The quantitative estimate of drug-likeness (QED) is 0.795. The van der Waals surface area contributed by atoms with Crippen molar-refractivity contribution >= 4 is 11.8 Å². The first-order chi connectivity index (χ1) is 10.3. The van der Waals surface area contributed by atoms with E-state index in [1.807, 2.05) is 20.8 Å².